The van der Waals surface area contributed by atoms with Gasteiger partial charge in [0.2, 0.25) is 11.8 Å². The molecule has 1 fully saturated rings. The monoisotopic (exact) mass is 378 g/mol. The summed E-state index contributed by atoms with van der Waals surface area (Å²) < 4.78 is 5.18. The molecule has 0 aliphatic carbocycles. The van der Waals surface area contributed by atoms with Crippen molar-refractivity contribution in [1.29, 1.82) is 0 Å². The highest BCUT2D eigenvalue weighted by atomic mass is 32.2. The van der Waals surface area contributed by atoms with Crippen molar-refractivity contribution in [2.45, 2.75) is 44.0 Å². The molecule has 1 aliphatic heterocycles. The van der Waals surface area contributed by atoms with E-state index in [1.165, 1.54) is 0 Å². The predicted molar refractivity (Wildman–Crippen MR) is 107 cm³/mol. The van der Waals surface area contributed by atoms with Crippen LogP contribution in [0.4, 0.5) is 5.69 Å². The molecule has 1 heterocycles. The Labute approximate surface area is 161 Å². The number of benzene rings is 1. The molecule has 144 valence electrons. The van der Waals surface area contributed by atoms with E-state index in [9.17, 15) is 9.59 Å². The minimum absolute atomic E-state index is 0.0245. The fraction of sp³-hybridized carbons (Fsp3) is 0.600. The fourth-order valence-corrected chi connectivity index (χ4v) is 3.92. The van der Waals surface area contributed by atoms with Gasteiger partial charge in [-0.15, -0.1) is 11.8 Å². The maximum absolute atomic E-state index is 13.1. The highest BCUT2D eigenvalue weighted by Crippen LogP contribution is 2.28. The lowest BCUT2D eigenvalue weighted by Crippen LogP contribution is -2.45. The SMILES string of the molecule is CCC(CC)N(CCOC)C(=O)C1CC(=O)N(c2ccc(SC)cc2)C1. The van der Waals surface area contributed by atoms with Gasteiger partial charge in [-0.1, -0.05) is 13.8 Å². The van der Waals surface area contributed by atoms with Gasteiger partial charge in [-0.05, 0) is 43.4 Å². The third-order valence-electron chi connectivity index (χ3n) is 5.06. The van der Waals surface area contributed by atoms with E-state index >= 15 is 0 Å². The van der Waals surface area contributed by atoms with E-state index in [0.717, 1.165) is 23.4 Å². The van der Waals surface area contributed by atoms with Crippen LogP contribution in [0.25, 0.3) is 0 Å². The number of carbonyl (C=O) groups is 2. The summed E-state index contributed by atoms with van der Waals surface area (Å²) in [6.45, 7) is 5.75. The van der Waals surface area contributed by atoms with Crippen LogP contribution in [0.15, 0.2) is 29.2 Å². The Morgan fingerprint density at radius 1 is 1.31 bits per heavy atom. The fourth-order valence-electron chi connectivity index (χ4n) is 3.51. The molecule has 0 bridgehead atoms. The number of rotatable bonds is 9. The van der Waals surface area contributed by atoms with Crippen molar-refractivity contribution in [1.82, 2.24) is 4.90 Å². The normalized spacial score (nSPS) is 17.2. The summed E-state index contributed by atoms with van der Waals surface area (Å²) in [5, 5.41) is 0. The molecule has 1 atom stereocenters. The Kier molecular flexibility index (Phi) is 7.97. The van der Waals surface area contributed by atoms with Crippen LogP contribution < -0.4 is 4.90 Å². The van der Waals surface area contributed by atoms with Crippen LogP contribution in [0.5, 0.6) is 0 Å². The second kappa shape index (κ2) is 9.97. The average Bonchev–Trinajstić information content (AvgIpc) is 3.06. The Morgan fingerprint density at radius 3 is 2.50 bits per heavy atom. The number of anilines is 1. The highest BCUT2D eigenvalue weighted by molar-refractivity contribution is 7.98. The molecule has 0 aromatic heterocycles. The maximum atomic E-state index is 13.1. The van der Waals surface area contributed by atoms with Crippen molar-refractivity contribution in [2.75, 3.05) is 38.0 Å². The van der Waals surface area contributed by atoms with Crippen LogP contribution in [-0.2, 0) is 14.3 Å². The van der Waals surface area contributed by atoms with Gasteiger partial charge in [0.15, 0.2) is 0 Å². The number of hydrogen-bond donors (Lipinski definition) is 0. The Bertz CT molecular complexity index is 602. The lowest BCUT2D eigenvalue weighted by atomic mass is 10.0. The van der Waals surface area contributed by atoms with Gasteiger partial charge in [0.25, 0.3) is 0 Å². The van der Waals surface area contributed by atoms with Crippen LogP contribution in [0.3, 0.4) is 0 Å². The first-order valence-electron chi connectivity index (χ1n) is 9.29. The number of thioether (sulfide) groups is 1. The average molecular weight is 379 g/mol. The maximum Gasteiger partial charge on any atom is 0.228 e. The number of methoxy groups -OCH3 is 1. The Morgan fingerprint density at radius 2 is 1.96 bits per heavy atom. The van der Waals surface area contributed by atoms with Gasteiger partial charge in [0.05, 0.1) is 12.5 Å². The Balaban J connectivity index is 2.12. The molecule has 1 aromatic carbocycles. The quantitative estimate of drug-likeness (QED) is 0.618. The van der Waals surface area contributed by atoms with E-state index in [4.69, 9.17) is 4.74 Å². The molecular weight excluding hydrogens is 348 g/mol. The summed E-state index contributed by atoms with van der Waals surface area (Å²) in [4.78, 5) is 30.5. The zero-order chi connectivity index (χ0) is 19.1. The molecule has 0 radical (unpaired) electrons. The van der Waals surface area contributed by atoms with E-state index in [1.807, 2.05) is 35.4 Å². The lowest BCUT2D eigenvalue weighted by molar-refractivity contribution is -0.139. The molecule has 1 unspecified atom stereocenters. The largest absolute Gasteiger partial charge is 0.383 e. The molecule has 1 aromatic rings. The van der Waals surface area contributed by atoms with Crippen LogP contribution in [0, 0.1) is 5.92 Å². The van der Waals surface area contributed by atoms with Crippen molar-refractivity contribution in [3.05, 3.63) is 24.3 Å². The standard InChI is InChI=1S/C20H30N2O3S/c1-5-16(6-2)21(11-12-25-3)20(24)15-13-19(23)22(14-15)17-7-9-18(26-4)10-8-17/h7-10,15-16H,5-6,11-14H2,1-4H3. The Hall–Kier alpha value is -1.53. The van der Waals surface area contributed by atoms with Gasteiger partial charge < -0.3 is 14.5 Å². The minimum atomic E-state index is -0.278. The zero-order valence-electron chi connectivity index (χ0n) is 16.2. The first kappa shape index (κ1) is 20.8. The van der Waals surface area contributed by atoms with Crippen LogP contribution in [0.2, 0.25) is 0 Å². The van der Waals surface area contributed by atoms with Crippen molar-refractivity contribution < 1.29 is 14.3 Å². The van der Waals surface area contributed by atoms with Gasteiger partial charge in [-0.25, -0.2) is 0 Å². The van der Waals surface area contributed by atoms with Crippen LogP contribution in [-0.4, -0.2) is 55.8 Å². The summed E-state index contributed by atoms with van der Waals surface area (Å²) in [6.07, 6.45) is 4.13. The number of hydrogen-bond acceptors (Lipinski definition) is 4. The van der Waals surface area contributed by atoms with Gasteiger partial charge in [0, 0.05) is 43.2 Å². The van der Waals surface area contributed by atoms with Crippen LogP contribution in [0.1, 0.15) is 33.1 Å². The van der Waals surface area contributed by atoms with Gasteiger partial charge in [-0.3, -0.25) is 9.59 Å². The summed E-state index contributed by atoms with van der Waals surface area (Å²) in [5.74, 6) is -0.177. The molecule has 6 heteroatoms. The van der Waals surface area contributed by atoms with Gasteiger partial charge in [-0.2, -0.15) is 0 Å². The van der Waals surface area contributed by atoms with E-state index in [2.05, 4.69) is 13.8 Å². The first-order chi connectivity index (χ1) is 12.5. The van der Waals surface area contributed by atoms with Crippen molar-refractivity contribution >= 4 is 29.3 Å². The number of carbonyl (C=O) groups excluding carboxylic acids is 2. The number of amides is 2. The molecule has 0 N–H and O–H groups in total. The summed E-state index contributed by atoms with van der Waals surface area (Å²) in [7, 11) is 1.65. The second-order valence-corrected chi connectivity index (χ2v) is 7.48. The molecule has 26 heavy (non-hydrogen) atoms. The van der Waals surface area contributed by atoms with Crippen molar-refractivity contribution in [3.8, 4) is 0 Å². The lowest BCUT2D eigenvalue weighted by Gasteiger charge is -2.32. The topological polar surface area (TPSA) is 49.9 Å². The molecule has 0 saturated carbocycles. The summed E-state index contributed by atoms with van der Waals surface area (Å²) >= 11 is 1.67. The van der Waals surface area contributed by atoms with Crippen LogP contribution >= 0.6 is 11.8 Å². The van der Waals surface area contributed by atoms with Crippen molar-refractivity contribution in [2.24, 2.45) is 5.92 Å². The van der Waals surface area contributed by atoms with Crippen molar-refractivity contribution in [3.63, 3.8) is 0 Å². The van der Waals surface area contributed by atoms with E-state index in [-0.39, 0.29) is 30.2 Å². The zero-order valence-corrected chi connectivity index (χ0v) is 17.1. The third kappa shape index (κ3) is 4.80. The number of nitrogens with zero attached hydrogens (tertiary/aromatic N) is 2. The molecule has 1 saturated heterocycles. The molecule has 0 spiro atoms. The minimum Gasteiger partial charge on any atom is -0.383 e. The van der Waals surface area contributed by atoms with Gasteiger partial charge in [0.1, 0.15) is 0 Å². The molecular formula is C20H30N2O3S. The molecule has 1 aliphatic rings. The second-order valence-electron chi connectivity index (χ2n) is 6.60. The van der Waals surface area contributed by atoms with E-state index in [0.29, 0.717) is 19.7 Å². The third-order valence-corrected chi connectivity index (χ3v) is 5.80. The highest BCUT2D eigenvalue weighted by Gasteiger charge is 2.38. The van der Waals surface area contributed by atoms with Gasteiger partial charge >= 0.3 is 0 Å². The van der Waals surface area contributed by atoms with E-state index in [1.54, 1.807) is 23.8 Å². The summed E-state index contributed by atoms with van der Waals surface area (Å²) in [5.41, 5.74) is 0.870. The molecule has 5 nitrogen and oxygen atoms in total. The first-order valence-corrected chi connectivity index (χ1v) is 10.5. The predicted octanol–water partition coefficient (Wildman–Crippen LogP) is 3.43. The summed E-state index contributed by atoms with van der Waals surface area (Å²) in [6, 6.07) is 8.14. The smallest absolute Gasteiger partial charge is 0.228 e. The number of ether oxygens (including phenoxy) is 1. The molecule has 2 rings (SSSR count). The molecule has 2 amide bonds. The van der Waals surface area contributed by atoms with E-state index < -0.39 is 0 Å².